The van der Waals surface area contributed by atoms with Crippen molar-refractivity contribution in [2.45, 2.75) is 56.2 Å². The number of nitrogens with one attached hydrogen (secondary N) is 1. The van der Waals surface area contributed by atoms with Gasteiger partial charge >= 0.3 is 5.97 Å². The number of para-hydroxylation sites is 1. The first-order chi connectivity index (χ1) is 15.1. The van der Waals surface area contributed by atoms with Crippen LogP contribution in [0.25, 0.3) is 10.9 Å². The molecule has 31 heavy (non-hydrogen) atoms. The second kappa shape index (κ2) is 9.83. The summed E-state index contributed by atoms with van der Waals surface area (Å²) in [5.41, 5.74) is 2.53. The Morgan fingerprint density at radius 1 is 1.16 bits per heavy atom. The summed E-state index contributed by atoms with van der Waals surface area (Å²) < 4.78 is 5.30. The molecule has 0 saturated heterocycles. The Balaban J connectivity index is 1.55. The van der Waals surface area contributed by atoms with Gasteiger partial charge in [-0.05, 0) is 56.7 Å². The molecule has 1 aliphatic carbocycles. The van der Waals surface area contributed by atoms with Crippen molar-refractivity contribution in [3.8, 4) is 0 Å². The number of aromatic nitrogens is 1. The minimum Gasteiger partial charge on any atom is -0.462 e. The second-order valence-electron chi connectivity index (χ2n) is 7.48. The average Bonchev–Trinajstić information content (AvgIpc) is 3.15. The predicted octanol–water partition coefficient (Wildman–Crippen LogP) is 5.86. The van der Waals surface area contributed by atoms with Gasteiger partial charge in [-0.2, -0.15) is 0 Å². The molecule has 3 aromatic rings. The summed E-state index contributed by atoms with van der Waals surface area (Å²) in [6, 6.07) is 11.9. The first-order valence-electron chi connectivity index (χ1n) is 10.8. The average molecular weight is 455 g/mol. The van der Waals surface area contributed by atoms with E-state index >= 15 is 0 Å². The number of thiophene rings is 1. The van der Waals surface area contributed by atoms with Crippen LogP contribution < -0.4 is 5.32 Å². The minimum atomic E-state index is -0.339. The van der Waals surface area contributed by atoms with Crippen molar-refractivity contribution in [2.24, 2.45) is 0 Å². The Morgan fingerprint density at radius 2 is 1.97 bits per heavy atom. The molecule has 1 aliphatic rings. The molecule has 0 bridgehead atoms. The van der Waals surface area contributed by atoms with E-state index in [0.717, 1.165) is 47.2 Å². The molecule has 0 fully saturated rings. The third-order valence-corrected chi connectivity index (χ3v) is 7.89. The van der Waals surface area contributed by atoms with E-state index in [9.17, 15) is 9.59 Å². The van der Waals surface area contributed by atoms with Gasteiger partial charge in [0.15, 0.2) is 0 Å². The number of nitrogens with zero attached hydrogens (tertiary/aromatic N) is 1. The zero-order chi connectivity index (χ0) is 21.8. The van der Waals surface area contributed by atoms with Gasteiger partial charge in [-0.25, -0.2) is 9.78 Å². The first kappa shape index (κ1) is 21.8. The minimum absolute atomic E-state index is 0.105. The van der Waals surface area contributed by atoms with Crippen LogP contribution in [0.15, 0.2) is 41.4 Å². The quantitative estimate of drug-likeness (QED) is 0.358. The third kappa shape index (κ3) is 4.77. The number of aryl methyl sites for hydroxylation is 1. The van der Waals surface area contributed by atoms with Gasteiger partial charge in [0.1, 0.15) is 5.00 Å². The number of thioether (sulfide) groups is 1. The topological polar surface area (TPSA) is 68.3 Å². The number of esters is 1. The molecule has 7 heteroatoms. The highest BCUT2D eigenvalue weighted by atomic mass is 32.2. The highest BCUT2D eigenvalue weighted by Gasteiger charge is 2.29. The normalized spacial score (nSPS) is 14.1. The van der Waals surface area contributed by atoms with Crippen LogP contribution in [0.2, 0.25) is 0 Å². The number of hydrogen-bond donors (Lipinski definition) is 1. The SMILES string of the molecule is CCOC(=O)c1c(NC(=O)C(CC)Sc2ccc3ccccc3n2)sc2c1CCCC2. The van der Waals surface area contributed by atoms with Crippen LogP contribution in [0.4, 0.5) is 5.00 Å². The molecule has 0 saturated carbocycles. The van der Waals surface area contributed by atoms with Gasteiger partial charge in [-0.15, -0.1) is 11.3 Å². The summed E-state index contributed by atoms with van der Waals surface area (Å²) in [6.45, 7) is 4.11. The number of benzene rings is 1. The standard InChI is InChI=1S/C24H26N2O3S2/c1-3-18(30-20-14-13-15-9-5-7-11-17(15)25-20)22(27)26-23-21(24(28)29-4-2)16-10-6-8-12-19(16)31-23/h5,7,9,11,13-14,18H,3-4,6,8,10,12H2,1-2H3,(H,26,27). The summed E-state index contributed by atoms with van der Waals surface area (Å²) >= 11 is 2.98. The fraction of sp³-hybridized carbons (Fsp3) is 0.375. The molecule has 0 spiro atoms. The molecule has 4 rings (SSSR count). The predicted molar refractivity (Wildman–Crippen MR) is 127 cm³/mol. The molecule has 0 aliphatic heterocycles. The number of rotatable bonds is 7. The number of carbonyl (C=O) groups is 2. The molecule has 2 heterocycles. The summed E-state index contributed by atoms with van der Waals surface area (Å²) in [4.78, 5) is 31.7. The summed E-state index contributed by atoms with van der Waals surface area (Å²) in [5, 5.41) is 5.26. The Hall–Kier alpha value is -2.38. The molecule has 0 radical (unpaired) electrons. The van der Waals surface area contributed by atoms with Crippen LogP contribution in [0, 0.1) is 0 Å². The van der Waals surface area contributed by atoms with Crippen molar-refractivity contribution in [3.05, 3.63) is 52.4 Å². The fourth-order valence-electron chi connectivity index (χ4n) is 3.85. The number of ether oxygens (including phenoxy) is 1. The number of pyridine rings is 1. The van der Waals surface area contributed by atoms with E-state index in [0.29, 0.717) is 23.6 Å². The highest BCUT2D eigenvalue weighted by molar-refractivity contribution is 8.00. The maximum atomic E-state index is 13.2. The van der Waals surface area contributed by atoms with Crippen LogP contribution in [-0.4, -0.2) is 28.7 Å². The molecule has 1 atom stereocenters. The van der Waals surface area contributed by atoms with Gasteiger partial charge in [0.25, 0.3) is 0 Å². The van der Waals surface area contributed by atoms with Crippen molar-refractivity contribution in [3.63, 3.8) is 0 Å². The summed E-state index contributed by atoms with van der Waals surface area (Å²) in [5.74, 6) is -0.444. The lowest BCUT2D eigenvalue weighted by Gasteiger charge is -2.15. The number of carbonyl (C=O) groups excluding carboxylic acids is 2. The Morgan fingerprint density at radius 3 is 2.77 bits per heavy atom. The van der Waals surface area contributed by atoms with Crippen LogP contribution in [0.1, 0.15) is 53.9 Å². The van der Waals surface area contributed by atoms with Crippen LogP contribution >= 0.6 is 23.1 Å². The van der Waals surface area contributed by atoms with Crippen molar-refractivity contribution in [1.29, 1.82) is 0 Å². The summed E-state index contributed by atoms with van der Waals surface area (Å²) in [6.07, 6.45) is 4.65. The molecule has 1 unspecified atom stereocenters. The molecule has 1 amide bonds. The van der Waals surface area contributed by atoms with E-state index in [1.807, 2.05) is 43.3 Å². The fourth-order valence-corrected chi connectivity index (χ4v) is 6.05. The molecule has 1 N–H and O–H groups in total. The van der Waals surface area contributed by atoms with Gasteiger partial charge in [0.2, 0.25) is 5.91 Å². The van der Waals surface area contributed by atoms with E-state index < -0.39 is 0 Å². The van der Waals surface area contributed by atoms with Crippen LogP contribution in [0.3, 0.4) is 0 Å². The van der Waals surface area contributed by atoms with Gasteiger partial charge in [0.05, 0.1) is 28.0 Å². The van der Waals surface area contributed by atoms with E-state index in [1.54, 1.807) is 6.92 Å². The smallest absolute Gasteiger partial charge is 0.341 e. The van der Waals surface area contributed by atoms with E-state index in [-0.39, 0.29) is 17.1 Å². The van der Waals surface area contributed by atoms with Gasteiger partial charge < -0.3 is 10.1 Å². The third-order valence-electron chi connectivity index (χ3n) is 5.39. The van der Waals surface area contributed by atoms with Crippen molar-refractivity contribution < 1.29 is 14.3 Å². The Labute approximate surface area is 190 Å². The molecule has 2 aromatic heterocycles. The van der Waals surface area contributed by atoms with Crippen molar-refractivity contribution in [1.82, 2.24) is 4.98 Å². The second-order valence-corrected chi connectivity index (χ2v) is 9.81. The van der Waals surface area contributed by atoms with Gasteiger partial charge in [0, 0.05) is 10.3 Å². The zero-order valence-electron chi connectivity index (χ0n) is 17.8. The highest BCUT2D eigenvalue weighted by Crippen LogP contribution is 2.39. The summed E-state index contributed by atoms with van der Waals surface area (Å²) in [7, 11) is 0. The lowest BCUT2D eigenvalue weighted by atomic mass is 9.95. The molecule has 1 aromatic carbocycles. The van der Waals surface area contributed by atoms with E-state index in [4.69, 9.17) is 4.74 Å². The molecular formula is C24H26N2O3S2. The van der Waals surface area contributed by atoms with E-state index in [1.165, 1.54) is 28.0 Å². The maximum Gasteiger partial charge on any atom is 0.341 e. The number of fused-ring (bicyclic) bond motifs is 2. The molecular weight excluding hydrogens is 428 g/mol. The van der Waals surface area contributed by atoms with Gasteiger partial charge in [-0.1, -0.05) is 43.0 Å². The Kier molecular flexibility index (Phi) is 6.92. The Bertz CT molecular complexity index is 1110. The first-order valence-corrected chi connectivity index (χ1v) is 12.4. The lowest BCUT2D eigenvalue weighted by molar-refractivity contribution is -0.115. The monoisotopic (exact) mass is 454 g/mol. The number of hydrogen-bond acceptors (Lipinski definition) is 6. The number of amides is 1. The van der Waals surface area contributed by atoms with Gasteiger partial charge in [-0.3, -0.25) is 4.79 Å². The van der Waals surface area contributed by atoms with Crippen LogP contribution in [-0.2, 0) is 22.4 Å². The van der Waals surface area contributed by atoms with E-state index in [2.05, 4.69) is 10.3 Å². The number of anilines is 1. The van der Waals surface area contributed by atoms with Crippen molar-refractivity contribution >= 4 is 50.9 Å². The lowest BCUT2D eigenvalue weighted by Crippen LogP contribution is -2.25. The largest absolute Gasteiger partial charge is 0.462 e. The molecule has 162 valence electrons. The molecule has 5 nitrogen and oxygen atoms in total. The van der Waals surface area contributed by atoms with Crippen LogP contribution in [0.5, 0.6) is 0 Å². The zero-order valence-corrected chi connectivity index (χ0v) is 19.4. The van der Waals surface area contributed by atoms with Crippen molar-refractivity contribution in [2.75, 3.05) is 11.9 Å². The maximum absolute atomic E-state index is 13.2.